The number of hydrogen-bond acceptors (Lipinski definition) is 6. The van der Waals surface area contributed by atoms with Crippen LogP contribution in [-0.2, 0) is 13.0 Å². The van der Waals surface area contributed by atoms with Crippen LogP contribution in [0, 0.1) is 18.3 Å². The van der Waals surface area contributed by atoms with E-state index in [1.165, 1.54) is 10.8 Å². The third-order valence-electron chi connectivity index (χ3n) is 5.03. The predicted octanol–water partition coefficient (Wildman–Crippen LogP) is 3.74. The first kappa shape index (κ1) is 21.7. The van der Waals surface area contributed by atoms with Crippen molar-refractivity contribution in [2.24, 2.45) is 4.99 Å². The smallest absolute Gasteiger partial charge is 0.271 e. The van der Waals surface area contributed by atoms with Crippen LogP contribution in [0.15, 0.2) is 58.3 Å². The minimum absolute atomic E-state index is 0.0142. The highest BCUT2D eigenvalue weighted by atomic mass is 16.5. The van der Waals surface area contributed by atoms with Crippen LogP contribution < -0.4 is 15.0 Å². The number of aliphatic imine (C=N–C) groups is 1. The van der Waals surface area contributed by atoms with E-state index in [9.17, 15) is 15.2 Å². The Kier molecular flexibility index (Phi) is 6.73. The van der Waals surface area contributed by atoms with Gasteiger partial charge in [-0.2, -0.15) is 5.26 Å². The third-order valence-corrected chi connectivity index (χ3v) is 5.03. The minimum atomic E-state index is -0.524. The number of nitrogens with zero attached hydrogens (tertiary/aromatic N) is 3. The Balaban J connectivity index is 1.97. The highest BCUT2D eigenvalue weighted by Crippen LogP contribution is 2.23. The second-order valence-electron chi connectivity index (χ2n) is 6.86. The molecule has 1 N–H and O–H groups in total. The zero-order valence-corrected chi connectivity index (χ0v) is 17.6. The van der Waals surface area contributed by atoms with Crippen molar-refractivity contribution in [3.63, 3.8) is 0 Å². The molecule has 0 radical (unpaired) electrons. The molecular weight excluding hydrogens is 394 g/mol. The Morgan fingerprint density at radius 2 is 1.84 bits per heavy atom. The van der Waals surface area contributed by atoms with E-state index in [0.29, 0.717) is 29.0 Å². The number of methoxy groups -OCH3 is 2. The molecular formula is C24H23N3O4. The van der Waals surface area contributed by atoms with E-state index < -0.39 is 5.56 Å². The first-order valence-corrected chi connectivity index (χ1v) is 9.66. The van der Waals surface area contributed by atoms with Gasteiger partial charge in [0.05, 0.1) is 25.5 Å². The van der Waals surface area contributed by atoms with Gasteiger partial charge >= 0.3 is 0 Å². The summed E-state index contributed by atoms with van der Waals surface area (Å²) in [7, 11) is 3.16. The van der Waals surface area contributed by atoms with E-state index in [2.05, 4.69) is 4.99 Å². The van der Waals surface area contributed by atoms with Gasteiger partial charge in [0.25, 0.3) is 5.56 Å². The number of aryl methyl sites for hydroxylation is 1. The van der Waals surface area contributed by atoms with Gasteiger partial charge in [-0.25, -0.2) is 0 Å². The van der Waals surface area contributed by atoms with Crippen LogP contribution in [0.5, 0.6) is 17.4 Å². The van der Waals surface area contributed by atoms with E-state index in [-0.39, 0.29) is 18.0 Å². The fourth-order valence-electron chi connectivity index (χ4n) is 3.20. The summed E-state index contributed by atoms with van der Waals surface area (Å²) in [4.78, 5) is 17.2. The molecule has 7 nitrogen and oxygen atoms in total. The Hall–Kier alpha value is -4.05. The summed E-state index contributed by atoms with van der Waals surface area (Å²) >= 11 is 0. The predicted molar refractivity (Wildman–Crippen MR) is 119 cm³/mol. The van der Waals surface area contributed by atoms with Crippen molar-refractivity contribution < 1.29 is 14.6 Å². The van der Waals surface area contributed by atoms with E-state index in [1.807, 2.05) is 30.3 Å². The molecule has 1 aromatic heterocycles. The molecule has 0 fully saturated rings. The first-order valence-electron chi connectivity index (χ1n) is 9.66. The van der Waals surface area contributed by atoms with Gasteiger partial charge in [-0.05, 0) is 48.7 Å². The molecule has 0 aliphatic heterocycles. The van der Waals surface area contributed by atoms with Crippen molar-refractivity contribution in [3.8, 4) is 23.4 Å². The van der Waals surface area contributed by atoms with Gasteiger partial charge in [-0.3, -0.25) is 14.4 Å². The van der Waals surface area contributed by atoms with Crippen LogP contribution >= 0.6 is 0 Å². The topological polar surface area (TPSA) is 96.8 Å². The zero-order chi connectivity index (χ0) is 22.4. The van der Waals surface area contributed by atoms with Gasteiger partial charge in [-0.15, -0.1) is 0 Å². The highest BCUT2D eigenvalue weighted by molar-refractivity contribution is 5.87. The molecule has 0 bridgehead atoms. The third kappa shape index (κ3) is 4.75. The number of aromatic hydroxyl groups is 1. The Labute approximate surface area is 180 Å². The van der Waals surface area contributed by atoms with Crippen molar-refractivity contribution >= 4 is 11.9 Å². The molecule has 0 aliphatic carbocycles. The first-order chi connectivity index (χ1) is 15.0. The molecule has 3 rings (SSSR count). The second-order valence-corrected chi connectivity index (χ2v) is 6.86. The molecule has 0 spiro atoms. The maximum atomic E-state index is 12.8. The van der Waals surface area contributed by atoms with Crippen molar-refractivity contribution in [2.45, 2.75) is 19.9 Å². The molecule has 2 aromatic carbocycles. The van der Waals surface area contributed by atoms with Crippen molar-refractivity contribution in [3.05, 3.63) is 81.1 Å². The van der Waals surface area contributed by atoms with E-state index >= 15 is 0 Å². The fourth-order valence-corrected chi connectivity index (χ4v) is 3.20. The minimum Gasteiger partial charge on any atom is -0.497 e. The van der Waals surface area contributed by atoms with Crippen LogP contribution in [0.3, 0.4) is 0 Å². The zero-order valence-electron chi connectivity index (χ0n) is 17.6. The fraction of sp³-hybridized carbons (Fsp3) is 0.208. The molecule has 3 aromatic rings. The number of hydrogen-bond donors (Lipinski definition) is 1. The average Bonchev–Trinajstić information content (AvgIpc) is 2.79. The molecule has 31 heavy (non-hydrogen) atoms. The van der Waals surface area contributed by atoms with E-state index in [0.717, 1.165) is 11.3 Å². The molecule has 0 saturated heterocycles. The van der Waals surface area contributed by atoms with Gasteiger partial charge in [0.15, 0.2) is 0 Å². The maximum absolute atomic E-state index is 12.8. The molecule has 0 saturated carbocycles. The lowest BCUT2D eigenvalue weighted by Gasteiger charge is -2.14. The molecule has 0 atom stereocenters. The second kappa shape index (κ2) is 9.63. The molecule has 1 heterocycles. The molecule has 158 valence electrons. The molecule has 0 aliphatic rings. The lowest BCUT2D eigenvalue weighted by Crippen LogP contribution is -2.26. The average molecular weight is 417 g/mol. The van der Waals surface area contributed by atoms with Crippen LogP contribution in [0.1, 0.15) is 22.3 Å². The lowest BCUT2D eigenvalue weighted by atomic mass is 10.1. The Morgan fingerprint density at radius 3 is 2.48 bits per heavy atom. The standard InChI is InChI=1S/C24H23N3O4/c1-16-21(14-25)23(28)27(12-11-17-7-9-19(30-2)10-8-17)24(29)22(16)15-26-18-5-4-6-20(13-18)31-3/h4-10,13,15,29H,11-12H2,1-3H3. The Morgan fingerprint density at radius 1 is 1.13 bits per heavy atom. The summed E-state index contributed by atoms with van der Waals surface area (Å²) in [6.07, 6.45) is 1.96. The summed E-state index contributed by atoms with van der Waals surface area (Å²) in [5.41, 5.74) is 1.76. The highest BCUT2D eigenvalue weighted by Gasteiger charge is 2.18. The molecule has 0 amide bonds. The lowest BCUT2D eigenvalue weighted by molar-refractivity contribution is 0.404. The van der Waals surface area contributed by atoms with Crippen LogP contribution in [-0.4, -0.2) is 30.1 Å². The number of rotatable bonds is 7. The van der Waals surface area contributed by atoms with Crippen molar-refractivity contribution in [2.75, 3.05) is 14.2 Å². The van der Waals surface area contributed by atoms with Crippen LogP contribution in [0.25, 0.3) is 0 Å². The van der Waals surface area contributed by atoms with Crippen molar-refractivity contribution in [1.82, 2.24) is 4.57 Å². The summed E-state index contributed by atoms with van der Waals surface area (Å²) in [5, 5.41) is 20.3. The van der Waals surface area contributed by atoms with E-state index in [1.54, 1.807) is 45.4 Å². The number of benzene rings is 2. The number of nitriles is 1. The van der Waals surface area contributed by atoms with Gasteiger partial charge in [0, 0.05) is 18.8 Å². The van der Waals surface area contributed by atoms with Gasteiger partial charge in [0.2, 0.25) is 5.88 Å². The van der Waals surface area contributed by atoms with Gasteiger partial charge in [-0.1, -0.05) is 18.2 Å². The normalized spacial score (nSPS) is 10.8. The Bertz CT molecular complexity index is 1210. The summed E-state index contributed by atoms with van der Waals surface area (Å²) < 4.78 is 11.6. The van der Waals surface area contributed by atoms with Crippen LogP contribution in [0.2, 0.25) is 0 Å². The van der Waals surface area contributed by atoms with Crippen molar-refractivity contribution in [1.29, 1.82) is 5.26 Å². The van der Waals surface area contributed by atoms with Gasteiger partial charge in [0.1, 0.15) is 23.1 Å². The van der Waals surface area contributed by atoms with Gasteiger partial charge < -0.3 is 14.6 Å². The summed E-state index contributed by atoms with van der Waals surface area (Å²) in [6, 6.07) is 16.5. The van der Waals surface area contributed by atoms with Crippen LogP contribution in [0.4, 0.5) is 5.69 Å². The number of aromatic nitrogens is 1. The summed E-state index contributed by atoms with van der Waals surface area (Å²) in [5.74, 6) is 1.17. The van der Waals surface area contributed by atoms with E-state index in [4.69, 9.17) is 9.47 Å². The quantitative estimate of drug-likeness (QED) is 0.591. The largest absolute Gasteiger partial charge is 0.497 e. The number of ether oxygens (including phenoxy) is 2. The SMILES string of the molecule is COc1ccc(CCn2c(O)c(C=Nc3cccc(OC)c3)c(C)c(C#N)c2=O)cc1. The summed E-state index contributed by atoms with van der Waals surface area (Å²) in [6.45, 7) is 1.84. The number of pyridine rings is 1. The monoisotopic (exact) mass is 417 g/mol. The molecule has 0 unspecified atom stereocenters. The maximum Gasteiger partial charge on any atom is 0.271 e. The molecule has 7 heteroatoms.